The van der Waals surface area contributed by atoms with Crippen molar-refractivity contribution in [3.8, 4) is 5.75 Å². The third-order valence-electron chi connectivity index (χ3n) is 3.66. The molecule has 0 bridgehead atoms. The number of piperidine rings is 1. The van der Waals surface area contributed by atoms with Crippen molar-refractivity contribution < 1.29 is 4.74 Å². The molecule has 1 heterocycles. The van der Waals surface area contributed by atoms with Crippen LogP contribution in [0.4, 0.5) is 5.69 Å². The van der Waals surface area contributed by atoms with Crippen LogP contribution in [0, 0.1) is 0 Å². The number of nitrogens with one attached hydrogen (secondary N) is 1. The van der Waals surface area contributed by atoms with Gasteiger partial charge in [-0.2, -0.15) is 0 Å². The largest absolute Gasteiger partial charge is 0.489 e. The fraction of sp³-hybridized carbons (Fsp3) is 0.647. The first-order valence-electron chi connectivity index (χ1n) is 7.97. The summed E-state index contributed by atoms with van der Waals surface area (Å²) in [5, 5.41) is 3.51. The summed E-state index contributed by atoms with van der Waals surface area (Å²) in [7, 11) is 0. The molecular weight excluding hydrogens is 248 g/mol. The maximum atomic E-state index is 5.82. The highest BCUT2D eigenvalue weighted by Gasteiger charge is 2.09. The molecule has 3 nitrogen and oxygen atoms in total. The summed E-state index contributed by atoms with van der Waals surface area (Å²) in [6, 6.07) is 8.21. The Labute approximate surface area is 123 Å². The molecule has 1 aromatic rings. The normalized spacial score (nSPS) is 16.4. The van der Waals surface area contributed by atoms with E-state index >= 15 is 0 Å². The van der Waals surface area contributed by atoms with E-state index in [0.717, 1.165) is 18.0 Å². The van der Waals surface area contributed by atoms with E-state index in [4.69, 9.17) is 4.74 Å². The van der Waals surface area contributed by atoms with E-state index in [1.807, 2.05) is 12.1 Å². The van der Waals surface area contributed by atoms with Gasteiger partial charge in [0.05, 0.1) is 11.8 Å². The van der Waals surface area contributed by atoms with Crippen molar-refractivity contribution in [2.24, 2.45) is 0 Å². The molecule has 1 N–H and O–H groups in total. The smallest absolute Gasteiger partial charge is 0.142 e. The summed E-state index contributed by atoms with van der Waals surface area (Å²) in [5.74, 6) is 0.959. The number of ether oxygens (including phenoxy) is 1. The van der Waals surface area contributed by atoms with E-state index in [2.05, 4.69) is 36.2 Å². The maximum Gasteiger partial charge on any atom is 0.142 e. The second-order valence-corrected chi connectivity index (χ2v) is 5.85. The summed E-state index contributed by atoms with van der Waals surface area (Å²) in [5.41, 5.74) is 1.11. The van der Waals surface area contributed by atoms with E-state index in [9.17, 15) is 0 Å². The van der Waals surface area contributed by atoms with Gasteiger partial charge in [0, 0.05) is 6.54 Å². The van der Waals surface area contributed by atoms with Crippen LogP contribution in [0.25, 0.3) is 0 Å². The first-order chi connectivity index (χ1) is 9.75. The number of rotatable bonds is 7. The van der Waals surface area contributed by atoms with E-state index < -0.39 is 0 Å². The molecule has 112 valence electrons. The van der Waals surface area contributed by atoms with Crippen LogP contribution < -0.4 is 10.1 Å². The fourth-order valence-electron chi connectivity index (χ4n) is 2.68. The zero-order valence-corrected chi connectivity index (χ0v) is 12.9. The number of hydrogen-bond acceptors (Lipinski definition) is 3. The molecule has 0 amide bonds. The van der Waals surface area contributed by atoms with Crippen molar-refractivity contribution in [2.45, 2.75) is 45.6 Å². The molecule has 1 aromatic carbocycles. The first kappa shape index (κ1) is 15.2. The summed E-state index contributed by atoms with van der Waals surface area (Å²) >= 11 is 0. The van der Waals surface area contributed by atoms with Crippen LogP contribution in [0.15, 0.2) is 24.3 Å². The van der Waals surface area contributed by atoms with E-state index in [0.29, 0.717) is 0 Å². The number of anilines is 1. The lowest BCUT2D eigenvalue weighted by atomic mass is 10.1. The lowest BCUT2D eigenvalue weighted by Gasteiger charge is -2.26. The molecule has 2 rings (SSSR count). The molecule has 0 spiro atoms. The van der Waals surface area contributed by atoms with Crippen molar-refractivity contribution in [1.29, 1.82) is 0 Å². The molecule has 0 saturated carbocycles. The summed E-state index contributed by atoms with van der Waals surface area (Å²) in [6.07, 6.45) is 5.56. The standard InChI is InChI=1S/C17H28N2O/c1-15(2)20-17-10-5-4-9-16(17)18-11-8-14-19-12-6-3-7-13-19/h4-5,9-10,15,18H,3,6-8,11-14H2,1-2H3. The monoisotopic (exact) mass is 276 g/mol. The third kappa shape index (κ3) is 5.04. The van der Waals surface area contributed by atoms with Crippen molar-refractivity contribution in [1.82, 2.24) is 4.90 Å². The molecule has 1 saturated heterocycles. The number of likely N-dealkylation sites (tertiary alicyclic amines) is 1. The minimum absolute atomic E-state index is 0.214. The lowest BCUT2D eigenvalue weighted by molar-refractivity contribution is 0.228. The van der Waals surface area contributed by atoms with E-state index in [1.165, 1.54) is 45.3 Å². The second-order valence-electron chi connectivity index (χ2n) is 5.85. The molecule has 1 fully saturated rings. The second kappa shape index (κ2) is 8.15. The fourth-order valence-corrected chi connectivity index (χ4v) is 2.68. The van der Waals surface area contributed by atoms with E-state index in [-0.39, 0.29) is 6.10 Å². The van der Waals surface area contributed by atoms with Gasteiger partial charge in [-0.15, -0.1) is 0 Å². The van der Waals surface area contributed by atoms with Crippen LogP contribution >= 0.6 is 0 Å². The SMILES string of the molecule is CC(C)Oc1ccccc1NCCCN1CCCCC1. The maximum absolute atomic E-state index is 5.82. The van der Waals surface area contributed by atoms with Crippen LogP contribution in [0.3, 0.4) is 0 Å². The Bertz CT molecular complexity index is 386. The Balaban J connectivity index is 1.73. The predicted octanol–water partition coefficient (Wildman–Crippen LogP) is 3.76. The average molecular weight is 276 g/mol. The number of para-hydroxylation sites is 2. The van der Waals surface area contributed by atoms with Gasteiger partial charge in [0.15, 0.2) is 0 Å². The van der Waals surface area contributed by atoms with Crippen LogP contribution in [0.1, 0.15) is 39.5 Å². The van der Waals surface area contributed by atoms with Crippen LogP contribution in [0.5, 0.6) is 5.75 Å². The quantitative estimate of drug-likeness (QED) is 0.767. The van der Waals surface area contributed by atoms with Gasteiger partial charge < -0.3 is 15.0 Å². The van der Waals surface area contributed by atoms with Gasteiger partial charge >= 0.3 is 0 Å². The third-order valence-corrected chi connectivity index (χ3v) is 3.66. The highest BCUT2D eigenvalue weighted by Crippen LogP contribution is 2.24. The summed E-state index contributed by atoms with van der Waals surface area (Å²) in [4.78, 5) is 2.59. The van der Waals surface area contributed by atoms with Gasteiger partial charge in [-0.25, -0.2) is 0 Å². The van der Waals surface area contributed by atoms with Gasteiger partial charge in [0.1, 0.15) is 5.75 Å². The summed E-state index contributed by atoms with van der Waals surface area (Å²) in [6.45, 7) is 8.91. The molecule has 3 heteroatoms. The van der Waals surface area contributed by atoms with Gasteiger partial charge in [0.2, 0.25) is 0 Å². The summed E-state index contributed by atoms with van der Waals surface area (Å²) < 4.78 is 5.82. The zero-order valence-electron chi connectivity index (χ0n) is 12.9. The molecule has 0 atom stereocenters. The topological polar surface area (TPSA) is 24.5 Å². The van der Waals surface area contributed by atoms with E-state index in [1.54, 1.807) is 0 Å². The Hall–Kier alpha value is -1.22. The van der Waals surface area contributed by atoms with Crippen molar-refractivity contribution in [3.05, 3.63) is 24.3 Å². The average Bonchev–Trinajstić information content (AvgIpc) is 2.46. The molecular formula is C17H28N2O. The molecule has 0 aromatic heterocycles. The highest BCUT2D eigenvalue weighted by atomic mass is 16.5. The molecule has 0 unspecified atom stereocenters. The Morgan fingerprint density at radius 3 is 2.65 bits per heavy atom. The van der Waals surface area contributed by atoms with Crippen molar-refractivity contribution in [2.75, 3.05) is 31.5 Å². The molecule has 1 aliphatic heterocycles. The molecule has 1 aliphatic rings. The number of hydrogen-bond donors (Lipinski definition) is 1. The van der Waals surface area contributed by atoms with Crippen LogP contribution in [-0.4, -0.2) is 37.2 Å². The Morgan fingerprint density at radius 2 is 1.90 bits per heavy atom. The number of benzene rings is 1. The van der Waals surface area contributed by atoms with Gasteiger partial charge in [-0.3, -0.25) is 0 Å². The first-order valence-corrected chi connectivity index (χ1v) is 7.97. The van der Waals surface area contributed by atoms with Crippen LogP contribution in [-0.2, 0) is 0 Å². The lowest BCUT2D eigenvalue weighted by Crippen LogP contribution is -2.31. The minimum Gasteiger partial charge on any atom is -0.489 e. The molecule has 20 heavy (non-hydrogen) atoms. The predicted molar refractivity (Wildman–Crippen MR) is 85.6 cm³/mol. The van der Waals surface area contributed by atoms with Gasteiger partial charge in [-0.05, 0) is 64.9 Å². The molecule has 0 aliphatic carbocycles. The Morgan fingerprint density at radius 1 is 1.15 bits per heavy atom. The van der Waals surface area contributed by atoms with Gasteiger partial charge in [-0.1, -0.05) is 18.6 Å². The molecule has 0 radical (unpaired) electrons. The van der Waals surface area contributed by atoms with Crippen molar-refractivity contribution >= 4 is 5.69 Å². The minimum atomic E-state index is 0.214. The zero-order chi connectivity index (χ0) is 14.2. The van der Waals surface area contributed by atoms with Crippen LogP contribution in [0.2, 0.25) is 0 Å². The van der Waals surface area contributed by atoms with Gasteiger partial charge in [0.25, 0.3) is 0 Å². The highest BCUT2D eigenvalue weighted by molar-refractivity contribution is 5.56. The Kier molecular flexibility index (Phi) is 6.19. The number of nitrogens with zero attached hydrogens (tertiary/aromatic N) is 1. The van der Waals surface area contributed by atoms with Crippen molar-refractivity contribution in [3.63, 3.8) is 0 Å².